The van der Waals surface area contributed by atoms with E-state index in [1.54, 1.807) is 0 Å². The van der Waals surface area contributed by atoms with Crippen molar-refractivity contribution in [2.45, 2.75) is 13.0 Å². The summed E-state index contributed by atoms with van der Waals surface area (Å²) in [6.07, 6.45) is 4.62. The van der Waals surface area contributed by atoms with Crippen molar-refractivity contribution in [3.8, 4) is 0 Å². The molecule has 0 bridgehead atoms. The Kier molecular flexibility index (Phi) is 5.29. The molecule has 1 heterocycles. The molecule has 0 saturated heterocycles. The maximum atomic E-state index is 8.72. The zero-order chi connectivity index (χ0) is 15.1. The number of nitrogens with two attached hydrogens (primary N) is 1. The van der Waals surface area contributed by atoms with Crippen LogP contribution in [0.25, 0.3) is 0 Å². The first kappa shape index (κ1) is 15.0. The molecule has 1 aromatic heterocycles. The lowest BCUT2D eigenvalue weighted by Gasteiger charge is -2.17. The van der Waals surface area contributed by atoms with Crippen molar-refractivity contribution < 1.29 is 5.21 Å². The zero-order valence-electron chi connectivity index (χ0n) is 12.1. The number of oxime groups is 1. The normalized spacial score (nSPS) is 11.8. The number of likely N-dealkylation sites (N-methyl/N-ethyl adjacent to an activating group) is 1. The summed E-state index contributed by atoms with van der Waals surface area (Å²) in [4.78, 5) is 6.26. The van der Waals surface area contributed by atoms with Crippen LogP contribution in [0.4, 0.5) is 0 Å². The average molecular weight is 284 g/mol. The second kappa shape index (κ2) is 7.40. The van der Waals surface area contributed by atoms with Crippen LogP contribution < -0.4 is 5.73 Å². The molecule has 1 aromatic carbocycles. The van der Waals surface area contributed by atoms with Gasteiger partial charge in [-0.25, -0.2) is 0 Å². The maximum absolute atomic E-state index is 8.72. The van der Waals surface area contributed by atoms with Crippen molar-refractivity contribution in [1.29, 1.82) is 0 Å². The van der Waals surface area contributed by atoms with Gasteiger partial charge in [0.2, 0.25) is 0 Å². The first-order valence-electron chi connectivity index (χ1n) is 6.83. The standard InChI is InChI=1S/C16H20N4O/c1-20(10-7-13-5-8-18-9-6-13)12-14-3-2-4-15(11-14)16(17)19-21/h2-6,8-9,11,21H,7,10,12H2,1H3,(H2,17,19). The molecule has 5 heteroatoms. The Morgan fingerprint density at radius 2 is 2.00 bits per heavy atom. The number of pyridine rings is 1. The van der Waals surface area contributed by atoms with Gasteiger partial charge in [-0.15, -0.1) is 0 Å². The van der Waals surface area contributed by atoms with E-state index in [1.807, 2.05) is 48.8 Å². The summed E-state index contributed by atoms with van der Waals surface area (Å²) in [5, 5.41) is 11.7. The number of amidine groups is 1. The van der Waals surface area contributed by atoms with Crippen molar-refractivity contribution in [3.05, 3.63) is 65.5 Å². The Morgan fingerprint density at radius 3 is 2.71 bits per heavy atom. The van der Waals surface area contributed by atoms with Crippen LogP contribution in [0.2, 0.25) is 0 Å². The number of hydrogen-bond acceptors (Lipinski definition) is 4. The van der Waals surface area contributed by atoms with Gasteiger partial charge in [-0.3, -0.25) is 4.98 Å². The van der Waals surface area contributed by atoms with Gasteiger partial charge >= 0.3 is 0 Å². The van der Waals surface area contributed by atoms with E-state index in [4.69, 9.17) is 10.9 Å². The van der Waals surface area contributed by atoms with Crippen LogP contribution in [-0.4, -0.2) is 34.5 Å². The second-order valence-electron chi connectivity index (χ2n) is 5.03. The third-order valence-electron chi connectivity index (χ3n) is 3.31. The molecule has 0 radical (unpaired) electrons. The van der Waals surface area contributed by atoms with Crippen LogP contribution in [0.1, 0.15) is 16.7 Å². The molecule has 0 amide bonds. The van der Waals surface area contributed by atoms with E-state index >= 15 is 0 Å². The van der Waals surface area contributed by atoms with Crippen molar-refractivity contribution in [2.75, 3.05) is 13.6 Å². The summed E-state index contributed by atoms with van der Waals surface area (Å²) in [5.41, 5.74) is 8.76. The Labute approximate surface area is 124 Å². The quantitative estimate of drug-likeness (QED) is 0.367. The van der Waals surface area contributed by atoms with Gasteiger partial charge in [0.25, 0.3) is 0 Å². The first-order valence-corrected chi connectivity index (χ1v) is 6.83. The number of rotatable bonds is 6. The Hall–Kier alpha value is -2.40. The van der Waals surface area contributed by atoms with Crippen molar-refractivity contribution in [1.82, 2.24) is 9.88 Å². The lowest BCUT2D eigenvalue weighted by molar-refractivity contribution is 0.318. The maximum Gasteiger partial charge on any atom is 0.170 e. The Balaban J connectivity index is 1.92. The Morgan fingerprint density at radius 1 is 1.24 bits per heavy atom. The lowest BCUT2D eigenvalue weighted by atomic mass is 10.1. The topological polar surface area (TPSA) is 74.7 Å². The molecule has 0 spiro atoms. The molecule has 2 aromatic rings. The third kappa shape index (κ3) is 4.57. The fraction of sp³-hybridized carbons (Fsp3) is 0.250. The van der Waals surface area contributed by atoms with Crippen LogP contribution in [0.3, 0.4) is 0 Å². The van der Waals surface area contributed by atoms with Crippen LogP contribution in [0.15, 0.2) is 53.9 Å². The predicted octanol–water partition coefficient (Wildman–Crippen LogP) is 1.85. The average Bonchev–Trinajstić information content (AvgIpc) is 2.53. The fourth-order valence-corrected chi connectivity index (χ4v) is 2.15. The van der Waals surface area contributed by atoms with Crippen molar-refractivity contribution in [3.63, 3.8) is 0 Å². The van der Waals surface area contributed by atoms with Gasteiger partial charge in [0, 0.05) is 31.0 Å². The number of aromatic nitrogens is 1. The van der Waals surface area contributed by atoms with Gasteiger partial charge in [0.1, 0.15) is 0 Å². The second-order valence-corrected chi connectivity index (χ2v) is 5.03. The van der Waals surface area contributed by atoms with E-state index in [0.29, 0.717) is 0 Å². The van der Waals surface area contributed by atoms with E-state index in [-0.39, 0.29) is 5.84 Å². The lowest BCUT2D eigenvalue weighted by Crippen LogP contribution is -2.21. The van der Waals surface area contributed by atoms with Crippen LogP contribution >= 0.6 is 0 Å². The van der Waals surface area contributed by atoms with Crippen molar-refractivity contribution >= 4 is 5.84 Å². The number of hydrogen-bond donors (Lipinski definition) is 2. The summed E-state index contributed by atoms with van der Waals surface area (Å²) in [5.74, 6) is 0.135. The third-order valence-corrected chi connectivity index (χ3v) is 3.31. The van der Waals surface area contributed by atoms with Gasteiger partial charge < -0.3 is 15.8 Å². The van der Waals surface area contributed by atoms with Crippen LogP contribution in [0.5, 0.6) is 0 Å². The molecule has 0 atom stereocenters. The SMILES string of the molecule is CN(CCc1ccncc1)Cc1cccc(C(N)=NO)c1. The molecule has 110 valence electrons. The summed E-state index contributed by atoms with van der Waals surface area (Å²) in [6, 6.07) is 11.8. The summed E-state index contributed by atoms with van der Waals surface area (Å²) in [7, 11) is 2.08. The first-order chi connectivity index (χ1) is 10.2. The minimum Gasteiger partial charge on any atom is -0.409 e. The summed E-state index contributed by atoms with van der Waals surface area (Å²) < 4.78 is 0. The molecule has 2 rings (SSSR count). The largest absolute Gasteiger partial charge is 0.409 e. The molecule has 0 fully saturated rings. The predicted molar refractivity (Wildman–Crippen MR) is 83.2 cm³/mol. The van der Waals surface area contributed by atoms with Gasteiger partial charge in [-0.05, 0) is 42.8 Å². The van der Waals surface area contributed by atoms with E-state index in [2.05, 4.69) is 22.1 Å². The Bertz CT molecular complexity index is 598. The van der Waals surface area contributed by atoms with Crippen molar-refractivity contribution in [2.24, 2.45) is 10.9 Å². The molecule has 21 heavy (non-hydrogen) atoms. The zero-order valence-corrected chi connectivity index (χ0v) is 12.1. The van der Waals surface area contributed by atoms with E-state index < -0.39 is 0 Å². The van der Waals surface area contributed by atoms with Gasteiger partial charge in [-0.2, -0.15) is 0 Å². The minimum atomic E-state index is 0.135. The molecule has 0 aliphatic carbocycles. The van der Waals surface area contributed by atoms with E-state index in [9.17, 15) is 0 Å². The molecule has 0 unspecified atom stereocenters. The monoisotopic (exact) mass is 284 g/mol. The minimum absolute atomic E-state index is 0.135. The molecular weight excluding hydrogens is 264 g/mol. The molecule has 5 nitrogen and oxygen atoms in total. The highest BCUT2D eigenvalue weighted by Crippen LogP contribution is 2.08. The summed E-state index contributed by atoms with van der Waals surface area (Å²) >= 11 is 0. The highest BCUT2D eigenvalue weighted by Gasteiger charge is 2.04. The molecule has 0 aliphatic heterocycles. The van der Waals surface area contributed by atoms with Gasteiger partial charge in [0.05, 0.1) is 0 Å². The van der Waals surface area contributed by atoms with E-state index in [0.717, 1.165) is 30.6 Å². The smallest absolute Gasteiger partial charge is 0.170 e. The molecule has 0 saturated carbocycles. The fourth-order valence-electron chi connectivity index (χ4n) is 2.15. The molecular formula is C16H20N4O. The summed E-state index contributed by atoms with van der Waals surface area (Å²) in [6.45, 7) is 1.77. The van der Waals surface area contributed by atoms with E-state index in [1.165, 1.54) is 5.56 Å². The van der Waals surface area contributed by atoms with Gasteiger partial charge in [-0.1, -0.05) is 23.4 Å². The highest BCUT2D eigenvalue weighted by atomic mass is 16.4. The molecule has 3 N–H and O–H groups in total. The molecule has 0 aliphatic rings. The highest BCUT2D eigenvalue weighted by molar-refractivity contribution is 5.97. The van der Waals surface area contributed by atoms with Crippen LogP contribution in [-0.2, 0) is 13.0 Å². The van der Waals surface area contributed by atoms with Crippen LogP contribution in [0, 0.1) is 0 Å². The number of benzene rings is 1. The van der Waals surface area contributed by atoms with Gasteiger partial charge in [0.15, 0.2) is 5.84 Å². The number of nitrogens with zero attached hydrogens (tertiary/aromatic N) is 3.